The van der Waals surface area contributed by atoms with Crippen molar-refractivity contribution in [3.05, 3.63) is 131 Å². The summed E-state index contributed by atoms with van der Waals surface area (Å²) >= 11 is 0. The molecular formula is C40H47NO5. The monoisotopic (exact) mass is 621 g/mol. The molecule has 0 aliphatic heterocycles. The minimum absolute atomic E-state index is 0.0900. The maximum Gasteiger partial charge on any atom is 0.350 e. The topological polar surface area (TPSA) is 76.1 Å². The Labute approximate surface area is 274 Å². The fourth-order valence-electron chi connectivity index (χ4n) is 5.40. The summed E-state index contributed by atoms with van der Waals surface area (Å²) in [4.78, 5) is 27.8. The van der Waals surface area contributed by atoms with E-state index in [0.717, 1.165) is 24.1 Å². The third-order valence-electron chi connectivity index (χ3n) is 8.34. The van der Waals surface area contributed by atoms with Crippen LogP contribution in [0.2, 0.25) is 0 Å². The maximum atomic E-state index is 13.2. The van der Waals surface area contributed by atoms with E-state index < -0.39 is 17.2 Å². The zero-order valence-corrected chi connectivity index (χ0v) is 27.9. The summed E-state index contributed by atoms with van der Waals surface area (Å²) in [5.74, 6) is -0.0550. The van der Waals surface area contributed by atoms with E-state index in [2.05, 4.69) is 36.1 Å². The maximum absolute atomic E-state index is 13.2. The van der Waals surface area contributed by atoms with Gasteiger partial charge in [0.15, 0.2) is 11.4 Å². The van der Waals surface area contributed by atoms with Crippen molar-refractivity contribution in [1.29, 1.82) is 0 Å². The number of nitrogens with zero attached hydrogens (tertiary/aromatic N) is 1. The molecule has 46 heavy (non-hydrogen) atoms. The molecule has 0 aliphatic carbocycles. The van der Waals surface area contributed by atoms with Crippen molar-refractivity contribution in [2.45, 2.75) is 90.7 Å². The van der Waals surface area contributed by atoms with Gasteiger partial charge in [0.2, 0.25) is 0 Å². The molecule has 0 spiro atoms. The van der Waals surface area contributed by atoms with Crippen molar-refractivity contribution in [1.82, 2.24) is 0 Å². The van der Waals surface area contributed by atoms with E-state index in [1.54, 1.807) is 52.0 Å². The Morgan fingerprint density at radius 3 is 1.85 bits per heavy atom. The lowest BCUT2D eigenvalue weighted by Gasteiger charge is -2.40. The number of benzene rings is 4. The second-order valence-corrected chi connectivity index (χ2v) is 13.0. The highest BCUT2D eigenvalue weighted by Gasteiger charge is 2.34. The Bertz CT molecular complexity index is 1550. The van der Waals surface area contributed by atoms with Gasteiger partial charge < -0.3 is 19.5 Å². The minimum atomic E-state index is -1.15. The lowest BCUT2D eigenvalue weighted by molar-refractivity contribution is -0.163. The molecule has 2 atom stereocenters. The Hall–Kier alpha value is -4.42. The molecule has 4 rings (SSSR count). The number of ether oxygens (including phenoxy) is 2. The van der Waals surface area contributed by atoms with E-state index in [-0.39, 0.29) is 17.9 Å². The van der Waals surface area contributed by atoms with Gasteiger partial charge >= 0.3 is 5.97 Å². The summed E-state index contributed by atoms with van der Waals surface area (Å²) in [5, 5.41) is 11.6. The average molecular weight is 622 g/mol. The van der Waals surface area contributed by atoms with Gasteiger partial charge in [-0.05, 0) is 108 Å². The van der Waals surface area contributed by atoms with Gasteiger partial charge in [0, 0.05) is 23.4 Å². The largest absolute Gasteiger partial charge is 0.476 e. The molecule has 0 fully saturated rings. The minimum Gasteiger partial charge on any atom is -0.476 e. The van der Waals surface area contributed by atoms with Crippen LogP contribution in [0.25, 0.3) is 0 Å². The summed E-state index contributed by atoms with van der Waals surface area (Å²) in [7, 11) is 0. The lowest BCUT2D eigenvalue weighted by Crippen LogP contribution is -2.49. The highest BCUT2D eigenvalue weighted by molar-refractivity contribution is 6.09. The first-order valence-electron chi connectivity index (χ1n) is 16.1. The van der Waals surface area contributed by atoms with E-state index in [0.29, 0.717) is 29.8 Å². The predicted octanol–water partition coefficient (Wildman–Crippen LogP) is 8.20. The normalized spacial score (nSPS) is 13.5. The first kappa shape index (κ1) is 34.5. The van der Waals surface area contributed by atoms with Gasteiger partial charge in [0.1, 0.15) is 5.75 Å². The molecule has 6 nitrogen and oxygen atoms in total. The zero-order chi connectivity index (χ0) is 33.3. The Balaban J connectivity index is 1.33. The molecule has 0 saturated heterocycles. The van der Waals surface area contributed by atoms with Crippen molar-refractivity contribution < 1.29 is 24.2 Å². The molecule has 0 heterocycles. The molecule has 6 heteroatoms. The van der Waals surface area contributed by atoms with Crippen LogP contribution in [0.1, 0.15) is 81.4 Å². The molecule has 242 valence electrons. The van der Waals surface area contributed by atoms with Crippen LogP contribution in [-0.2, 0) is 22.5 Å². The highest BCUT2D eigenvalue weighted by Crippen LogP contribution is 2.29. The van der Waals surface area contributed by atoms with Crippen LogP contribution < -0.4 is 9.64 Å². The molecule has 0 amide bonds. The molecule has 4 aromatic rings. The number of aliphatic hydroxyl groups is 1. The summed E-state index contributed by atoms with van der Waals surface area (Å²) in [6.07, 6.45) is 2.00. The van der Waals surface area contributed by atoms with E-state index in [1.165, 1.54) is 5.56 Å². The fraction of sp³-hybridized carbons (Fsp3) is 0.350. The second kappa shape index (κ2) is 15.2. The first-order valence-corrected chi connectivity index (χ1v) is 16.1. The number of aryl methyl sites for hydroxylation is 1. The van der Waals surface area contributed by atoms with Crippen LogP contribution in [0.5, 0.6) is 5.75 Å². The summed E-state index contributed by atoms with van der Waals surface area (Å²) in [6.45, 7) is 11.6. The third kappa shape index (κ3) is 9.30. The number of anilines is 1. The van der Waals surface area contributed by atoms with Crippen molar-refractivity contribution in [3.63, 3.8) is 0 Å². The summed E-state index contributed by atoms with van der Waals surface area (Å²) in [6, 6.07) is 34.9. The van der Waals surface area contributed by atoms with E-state index in [9.17, 15) is 14.7 Å². The summed E-state index contributed by atoms with van der Waals surface area (Å²) in [5.41, 5.74) is 2.45. The van der Waals surface area contributed by atoms with E-state index in [4.69, 9.17) is 9.47 Å². The zero-order valence-electron chi connectivity index (χ0n) is 27.9. The second-order valence-electron chi connectivity index (χ2n) is 13.0. The lowest BCUT2D eigenvalue weighted by atomic mass is 9.88. The Morgan fingerprint density at radius 2 is 1.28 bits per heavy atom. The number of hydrogen-bond donors (Lipinski definition) is 1. The van der Waals surface area contributed by atoms with Gasteiger partial charge in [-0.15, -0.1) is 0 Å². The number of hydrogen-bond acceptors (Lipinski definition) is 6. The number of carbonyl (C=O) groups excluding carboxylic acids is 2. The van der Waals surface area contributed by atoms with Gasteiger partial charge in [0.05, 0.1) is 17.7 Å². The number of rotatable bonds is 15. The highest BCUT2D eigenvalue weighted by atomic mass is 16.6. The Morgan fingerprint density at radius 1 is 0.739 bits per heavy atom. The first-order chi connectivity index (χ1) is 21.9. The van der Waals surface area contributed by atoms with Crippen molar-refractivity contribution in [3.8, 4) is 5.75 Å². The van der Waals surface area contributed by atoms with Gasteiger partial charge in [-0.3, -0.25) is 4.79 Å². The molecule has 0 aromatic heterocycles. The standard InChI is InChI=1S/C40H47NO5/c1-29(2)45-38(43)39(4,5)46-36-25-23-34(24-26-36)37(42)33-21-19-31(20-22-33)16-13-27-40(6,44)30(3)41(35-17-11-8-12-18-35)28-32-14-9-7-10-15-32/h7-12,14-15,17-26,29-30,44H,13,16,27-28H2,1-6H3/t30-,40+/m1/s1. The van der Waals surface area contributed by atoms with Gasteiger partial charge in [-0.2, -0.15) is 0 Å². The van der Waals surface area contributed by atoms with Crippen LogP contribution in [0.15, 0.2) is 109 Å². The molecule has 0 bridgehead atoms. The van der Waals surface area contributed by atoms with Crippen LogP contribution in [0, 0.1) is 0 Å². The molecule has 1 N–H and O–H groups in total. The number of para-hydroxylation sites is 1. The van der Waals surface area contributed by atoms with Crippen molar-refractivity contribution >= 4 is 17.4 Å². The smallest absolute Gasteiger partial charge is 0.350 e. The van der Waals surface area contributed by atoms with Crippen LogP contribution in [-0.4, -0.2) is 40.2 Å². The molecular weight excluding hydrogens is 574 g/mol. The van der Waals surface area contributed by atoms with E-state index in [1.807, 2.05) is 67.6 Å². The molecule has 0 radical (unpaired) electrons. The van der Waals surface area contributed by atoms with Crippen molar-refractivity contribution in [2.75, 3.05) is 4.90 Å². The number of ketones is 1. The van der Waals surface area contributed by atoms with Crippen LogP contribution >= 0.6 is 0 Å². The quantitative estimate of drug-likeness (QED) is 0.107. The predicted molar refractivity (Wildman–Crippen MR) is 184 cm³/mol. The van der Waals surface area contributed by atoms with Gasteiger partial charge in [-0.1, -0.05) is 72.8 Å². The molecule has 4 aromatic carbocycles. The van der Waals surface area contributed by atoms with Gasteiger partial charge in [0.25, 0.3) is 0 Å². The molecule has 0 unspecified atom stereocenters. The summed E-state index contributed by atoms with van der Waals surface area (Å²) < 4.78 is 11.1. The fourth-order valence-corrected chi connectivity index (χ4v) is 5.40. The molecule has 0 aliphatic rings. The van der Waals surface area contributed by atoms with Crippen LogP contribution in [0.4, 0.5) is 5.69 Å². The number of carbonyl (C=O) groups is 2. The van der Waals surface area contributed by atoms with Gasteiger partial charge in [-0.25, -0.2) is 4.79 Å². The van der Waals surface area contributed by atoms with Crippen LogP contribution in [0.3, 0.4) is 0 Å². The number of esters is 1. The van der Waals surface area contributed by atoms with Crippen molar-refractivity contribution in [2.24, 2.45) is 0 Å². The SMILES string of the molecule is CC(C)OC(=O)C(C)(C)Oc1ccc(C(=O)c2ccc(CCC[C@](C)(O)[C@@H](C)N(Cc3ccccc3)c3ccccc3)cc2)cc1. The molecule has 0 saturated carbocycles. The van der Waals surface area contributed by atoms with E-state index >= 15 is 0 Å². The Kier molecular flexibility index (Phi) is 11.4. The third-order valence-corrected chi connectivity index (χ3v) is 8.34. The average Bonchev–Trinajstić information content (AvgIpc) is 3.04.